The summed E-state index contributed by atoms with van der Waals surface area (Å²) in [5, 5.41) is 42.9. The van der Waals surface area contributed by atoms with E-state index < -0.39 is 191 Å². The molecule has 6 aromatic rings. The number of aromatic amines is 2. The number of phosphoric acid groups is 2. The van der Waals surface area contributed by atoms with Gasteiger partial charge in [0, 0.05) is 74.3 Å². The molecule has 9 rings (SSSR count). The number of fused-ring (bicyclic) bond motifs is 1. The van der Waals surface area contributed by atoms with Gasteiger partial charge in [-0.15, -0.1) is 4.91 Å². The minimum atomic E-state index is -5.41. The van der Waals surface area contributed by atoms with Crippen molar-refractivity contribution in [1.29, 1.82) is 0 Å². The number of aliphatic hydroxyl groups excluding tert-OH is 2. The molecule has 2 aromatic carbocycles. The number of methoxy groups -OCH3 is 1. The Labute approximate surface area is 584 Å². The molecular weight excluding hydrogens is 1420 g/mol. The fraction of sp³-hybridized carbons (Fsp3) is 0.393. The number of nitrogens with two attached hydrogens (primary N) is 3. The molecule has 0 aliphatic carbocycles. The van der Waals surface area contributed by atoms with Crippen LogP contribution in [-0.2, 0) is 60.6 Å². The van der Waals surface area contributed by atoms with Gasteiger partial charge in [-0.1, -0.05) is 35.5 Å². The number of nitrogens with one attached hydrogen (secondary N) is 5. The molecule has 0 bridgehead atoms. The van der Waals surface area contributed by atoms with Gasteiger partial charge in [-0.25, -0.2) is 28.7 Å². The number of hydrogen-bond acceptors (Lipinski definition) is 30. The van der Waals surface area contributed by atoms with Crippen LogP contribution in [0.4, 0.5) is 17.2 Å². The minimum absolute atomic E-state index is 0.00835. The number of aromatic nitrogens is 7. The van der Waals surface area contributed by atoms with E-state index in [0.717, 1.165) is 33.9 Å². The number of carbonyl (C=O) groups is 5. The number of H-pyrrole nitrogens is 2. The highest BCUT2D eigenvalue weighted by Crippen LogP contribution is 2.52. The van der Waals surface area contributed by atoms with E-state index in [1.165, 1.54) is 62.1 Å². The molecule has 0 radical (unpaired) electrons. The monoisotopic (exact) mass is 1490 g/mol. The van der Waals surface area contributed by atoms with Crippen LogP contribution >= 0.6 is 15.6 Å². The number of nitrogen functional groups attached to an aromatic ring is 1. The van der Waals surface area contributed by atoms with Gasteiger partial charge in [0.25, 0.3) is 22.7 Å². The van der Waals surface area contributed by atoms with Crippen molar-refractivity contribution in [2.75, 3.05) is 58.8 Å². The number of phosphoric ester groups is 2. The zero-order valence-corrected chi connectivity index (χ0v) is 56.5. The van der Waals surface area contributed by atoms with Crippen molar-refractivity contribution in [2.24, 2.45) is 16.6 Å². The predicted molar refractivity (Wildman–Crippen MR) is 355 cm³/mol. The summed E-state index contributed by atoms with van der Waals surface area (Å²) in [5.41, 5.74) is 12.0. The first-order chi connectivity index (χ1) is 49.4. The molecule has 3 amide bonds. The fourth-order valence-corrected chi connectivity index (χ4v) is 12.6. The summed E-state index contributed by atoms with van der Waals surface area (Å²) in [5.74, 6) is 12.3. The standard InChI is InChI=1S/C61H65N15O26P2/c1-30(77)37-12-8-32(15-40(37)72-88)7-11-36-25-75(61(87)71-57(36)83)52-19-45(102-103(91,92)96-27-46-42(79)17-50(98-46)73-23-34(53-54(64)68-29-69-55(53)73)10-6-33-9-13-38(31(2)78)41(16-33)76(89)90)48(100-52)28-97-104(93,94)101-44-18-51(99-47(44)26-95-3)74-24-35(56(82)70-60(74)86)5-4-14-65-49(81)22-67-59(85)43(80)21-66-58(84)39(63)20-62/h8-9,12-13,15-16,23-25,29,39,42-48,50-52,79-80H,14,17-22,26-28,62-63H2,1-3H3,(H,65,81)(H,66,84)(H,67,85)(H,91,92)(H,93,94)(H2,64,68,69)(H,70,82,86)(H,71,83,87)/t39?,42-,43?,44-,45-,46+,47+,48+,50+,51+,52+/m0/s1. The number of nitrogens with zero attached hydrogens (tertiary/aromatic N) is 7. The van der Waals surface area contributed by atoms with Gasteiger partial charge in [0.2, 0.25) is 11.8 Å². The summed E-state index contributed by atoms with van der Waals surface area (Å²) in [6.45, 7) is -1.62. The van der Waals surface area contributed by atoms with E-state index in [-0.39, 0.29) is 81.1 Å². The molecule has 15 N–H and O–H groups in total. The molecule has 4 unspecified atom stereocenters. The second-order valence-electron chi connectivity index (χ2n) is 23.1. The van der Waals surface area contributed by atoms with Crippen LogP contribution in [-0.4, -0.2) is 190 Å². The van der Waals surface area contributed by atoms with Crippen LogP contribution in [0.25, 0.3) is 11.0 Å². The topological polar surface area (TPSA) is 601 Å². The lowest BCUT2D eigenvalue weighted by Gasteiger charge is -2.24. The summed E-state index contributed by atoms with van der Waals surface area (Å²) in [6.07, 6.45) is -11.4. The molecule has 4 aromatic heterocycles. The van der Waals surface area contributed by atoms with Crippen LogP contribution in [0.5, 0.6) is 0 Å². The lowest BCUT2D eigenvalue weighted by atomic mass is 10.1. The average Bonchev–Trinajstić information content (AvgIpc) is 1.62. The van der Waals surface area contributed by atoms with Crippen LogP contribution in [0, 0.1) is 50.5 Å². The van der Waals surface area contributed by atoms with Gasteiger partial charge in [0.15, 0.2) is 11.6 Å². The Morgan fingerprint density at radius 2 is 1.29 bits per heavy atom. The number of ketones is 2. The van der Waals surface area contributed by atoms with Crippen molar-refractivity contribution >= 4 is 73.2 Å². The van der Waals surface area contributed by atoms with Crippen LogP contribution < -0.4 is 55.6 Å². The molecule has 13 atom stereocenters. The molecule has 7 heterocycles. The van der Waals surface area contributed by atoms with Gasteiger partial charge in [0.1, 0.15) is 89.9 Å². The van der Waals surface area contributed by atoms with Gasteiger partial charge < -0.3 is 76.7 Å². The van der Waals surface area contributed by atoms with Crippen LogP contribution in [0.1, 0.15) is 100 Å². The van der Waals surface area contributed by atoms with Crippen molar-refractivity contribution in [3.63, 3.8) is 0 Å². The number of nitro groups is 1. The highest BCUT2D eigenvalue weighted by molar-refractivity contribution is 7.47. The van der Waals surface area contributed by atoms with E-state index in [1.54, 1.807) is 0 Å². The molecule has 0 spiro atoms. The zero-order valence-electron chi connectivity index (χ0n) is 54.7. The number of rotatable bonds is 27. The largest absolute Gasteiger partial charge is 0.472 e. The molecule has 3 saturated heterocycles. The SMILES string of the molecule is COC[C@H]1O[C@@H](n2cc(C#CCNC(=O)CNC(=O)C(O)CNC(=O)C(N)CN)c(=O)[nH]c2=O)C[C@@H]1OP(=O)(O)OC[C@H]1O[C@@H](n2cc(C#Cc3ccc(C(C)=O)c(N=O)c3)c(=O)[nH]c2=O)C[C@@H]1OP(=O)(O)OC[C@H]1O[C@@H](n2cc(C#Cc3ccc(C(C)=O)c([N+](=O)[O-])c3)c3c(N)ncnc32)C[C@@H]1O. The van der Waals surface area contributed by atoms with Gasteiger partial charge in [-0.05, 0) is 49.4 Å². The first-order valence-corrected chi connectivity index (χ1v) is 33.9. The molecule has 0 saturated carbocycles. The van der Waals surface area contributed by atoms with E-state index in [9.17, 15) is 87.3 Å². The number of hydrogen-bond donors (Lipinski definition) is 12. The molecule has 3 aliphatic heterocycles. The van der Waals surface area contributed by atoms with Crippen molar-refractivity contribution < 1.29 is 95.1 Å². The highest BCUT2D eigenvalue weighted by Gasteiger charge is 2.47. The normalized spacial score (nSPS) is 21.5. The van der Waals surface area contributed by atoms with Crippen molar-refractivity contribution in [3.05, 3.63) is 157 Å². The molecule has 3 aliphatic rings. The summed E-state index contributed by atoms with van der Waals surface area (Å²) in [4.78, 5) is 171. The van der Waals surface area contributed by atoms with Crippen LogP contribution in [0.3, 0.4) is 0 Å². The first kappa shape index (κ1) is 77.7. The Morgan fingerprint density at radius 3 is 1.87 bits per heavy atom. The highest BCUT2D eigenvalue weighted by atomic mass is 31.2. The Bertz CT molecular complexity index is 4930. The first-order valence-electron chi connectivity index (χ1n) is 30.9. The summed E-state index contributed by atoms with van der Waals surface area (Å²) in [6, 6.07) is 6.56. The number of anilines is 1. The van der Waals surface area contributed by atoms with Gasteiger partial charge in [-0.2, -0.15) is 0 Å². The molecule has 43 heteroatoms. The third kappa shape index (κ3) is 19.2. The number of aliphatic hydroxyl groups is 2. The molecule has 104 heavy (non-hydrogen) atoms. The predicted octanol–water partition coefficient (Wildman–Crippen LogP) is -2.15. The molecule has 3 fully saturated rings. The van der Waals surface area contributed by atoms with E-state index >= 15 is 0 Å². The van der Waals surface area contributed by atoms with E-state index in [4.69, 9.17) is 54.2 Å². The summed E-state index contributed by atoms with van der Waals surface area (Å²) >= 11 is 0. The van der Waals surface area contributed by atoms with Gasteiger partial charge in [-0.3, -0.25) is 80.9 Å². The maximum Gasteiger partial charge on any atom is 0.472 e. The van der Waals surface area contributed by atoms with Crippen molar-refractivity contribution in [2.45, 2.75) is 101 Å². The van der Waals surface area contributed by atoms with Crippen LogP contribution in [0.2, 0.25) is 0 Å². The second-order valence-corrected chi connectivity index (χ2v) is 25.9. The number of nitroso groups, excluding NO2 is 1. The molecule has 41 nitrogen and oxygen atoms in total. The maximum absolute atomic E-state index is 14.1. The van der Waals surface area contributed by atoms with Crippen molar-refractivity contribution in [3.8, 4) is 35.5 Å². The molecule has 550 valence electrons. The Kier molecular flexibility index (Phi) is 25.2. The number of Topliss-reactive ketones (excluding diaryl/α,β-unsaturated/α-hetero) is 2. The van der Waals surface area contributed by atoms with Crippen molar-refractivity contribution in [1.82, 2.24) is 49.6 Å². The van der Waals surface area contributed by atoms with E-state index in [2.05, 4.69) is 76.6 Å². The Morgan fingerprint density at radius 1 is 0.750 bits per heavy atom. The lowest BCUT2D eigenvalue weighted by molar-refractivity contribution is -0.385. The Balaban J connectivity index is 0.893. The number of carbonyl (C=O) groups excluding carboxylic acids is 5. The third-order valence-electron chi connectivity index (χ3n) is 15.9. The second kappa shape index (κ2) is 33.8. The van der Waals surface area contributed by atoms with Gasteiger partial charge in [0.05, 0.1) is 73.0 Å². The fourth-order valence-electron chi connectivity index (χ4n) is 10.7. The minimum Gasteiger partial charge on any atom is -0.390 e. The number of amides is 3. The quantitative estimate of drug-likeness (QED) is 0.00653. The number of benzene rings is 2. The van der Waals surface area contributed by atoms with Gasteiger partial charge >= 0.3 is 27.0 Å². The number of ether oxygens (including phenoxy) is 4. The van der Waals surface area contributed by atoms with E-state index in [1.807, 2.05) is 0 Å². The smallest absolute Gasteiger partial charge is 0.390 e. The average molecular weight is 1490 g/mol. The summed E-state index contributed by atoms with van der Waals surface area (Å²) in [7, 11) is -9.55. The maximum atomic E-state index is 14.1. The zero-order chi connectivity index (χ0) is 75.5. The third-order valence-corrected chi connectivity index (χ3v) is 17.9. The Hall–Kier alpha value is -10.5. The lowest BCUT2D eigenvalue weighted by Crippen LogP contribution is -2.50. The molecular formula is C61H65N15O26P2. The summed E-state index contributed by atoms with van der Waals surface area (Å²) < 4.78 is 76.6. The van der Waals surface area contributed by atoms with Crippen LogP contribution in [0.15, 0.2) is 85.7 Å². The number of nitro benzene ring substituents is 1. The van der Waals surface area contributed by atoms with E-state index in [0.29, 0.717) is 0 Å².